The molecule has 0 aromatic carbocycles. The minimum Gasteiger partial charge on any atom is -0.314 e. The molecule has 2 unspecified atom stereocenters. The Bertz CT molecular complexity index is 63.5. The predicted molar refractivity (Wildman–Crippen MR) is 39.5 cm³/mol. The summed E-state index contributed by atoms with van der Waals surface area (Å²) in [6.45, 7) is 6.38. The quantitative estimate of drug-likeness (QED) is 0.492. The van der Waals surface area contributed by atoms with E-state index in [2.05, 4.69) is 10.6 Å². The Hall–Kier alpha value is -0.0800. The molecular weight excluding hydrogens is 112 g/mol. The smallest absolute Gasteiger partial charge is 0.0210 e. The first-order valence-electron chi connectivity index (χ1n) is 3.92. The lowest BCUT2D eigenvalue weighted by Crippen LogP contribution is -2.65. The fourth-order valence-corrected chi connectivity index (χ4v) is 1.37. The summed E-state index contributed by atoms with van der Waals surface area (Å²) in [5, 5.41) is 6.74. The minimum atomic E-state index is 0.818. The lowest BCUT2D eigenvalue weighted by Gasteiger charge is -2.42. The van der Waals surface area contributed by atoms with Crippen molar-refractivity contribution >= 4 is 0 Å². The number of hydrogen-bond donors (Lipinski definition) is 2. The highest BCUT2D eigenvalue weighted by Crippen LogP contribution is 2.13. The van der Waals surface area contributed by atoms with E-state index in [0.717, 1.165) is 12.1 Å². The van der Waals surface area contributed by atoms with E-state index in [4.69, 9.17) is 0 Å². The van der Waals surface area contributed by atoms with Crippen LogP contribution >= 0.6 is 0 Å². The van der Waals surface area contributed by atoms with Crippen LogP contribution in [0.2, 0.25) is 0 Å². The molecule has 0 amide bonds. The van der Waals surface area contributed by atoms with Crippen molar-refractivity contribution < 1.29 is 0 Å². The molecule has 0 aliphatic carbocycles. The minimum absolute atomic E-state index is 0.818. The number of rotatable bonds is 0. The Labute approximate surface area is 57.0 Å². The molecule has 0 spiro atoms. The van der Waals surface area contributed by atoms with E-state index in [1.807, 2.05) is 13.8 Å². The molecule has 3 aliphatic rings. The summed E-state index contributed by atoms with van der Waals surface area (Å²) in [7, 11) is 0. The number of piperidine rings is 1. The Morgan fingerprint density at radius 1 is 1.11 bits per heavy atom. The summed E-state index contributed by atoms with van der Waals surface area (Å²) in [6, 6.07) is 1.64. The van der Waals surface area contributed by atoms with Gasteiger partial charge in [-0.3, -0.25) is 0 Å². The summed E-state index contributed by atoms with van der Waals surface area (Å²) in [5.41, 5.74) is 0. The zero-order chi connectivity index (χ0) is 6.69. The highest BCUT2D eigenvalue weighted by molar-refractivity contribution is 4.95. The third-order valence-electron chi connectivity index (χ3n) is 1.82. The molecule has 0 saturated carbocycles. The Morgan fingerprint density at radius 3 is 1.67 bits per heavy atom. The van der Waals surface area contributed by atoms with Crippen LogP contribution in [0.1, 0.15) is 20.3 Å². The van der Waals surface area contributed by atoms with E-state index in [9.17, 15) is 0 Å². The molecule has 3 aliphatic heterocycles. The second-order valence-corrected chi connectivity index (χ2v) is 2.45. The second kappa shape index (κ2) is 3.18. The lowest BCUT2D eigenvalue weighted by atomic mass is 9.93. The van der Waals surface area contributed by atoms with E-state index in [0.29, 0.717) is 0 Å². The van der Waals surface area contributed by atoms with Gasteiger partial charge in [-0.25, -0.2) is 0 Å². The Kier molecular flexibility index (Phi) is 2.49. The number of hydrogen-bond acceptors (Lipinski definition) is 2. The number of nitrogens with one attached hydrogen (secondary N) is 2. The highest BCUT2D eigenvalue weighted by atomic mass is 15.1. The van der Waals surface area contributed by atoms with E-state index < -0.39 is 0 Å². The van der Waals surface area contributed by atoms with Gasteiger partial charge >= 0.3 is 0 Å². The molecule has 3 fully saturated rings. The summed E-state index contributed by atoms with van der Waals surface area (Å²) >= 11 is 0. The molecule has 2 nitrogen and oxygen atoms in total. The van der Waals surface area contributed by atoms with E-state index in [-0.39, 0.29) is 0 Å². The largest absolute Gasteiger partial charge is 0.314 e. The van der Waals surface area contributed by atoms with Crippen LogP contribution in [0.25, 0.3) is 0 Å². The zero-order valence-corrected chi connectivity index (χ0v) is 6.28. The molecule has 3 heterocycles. The molecule has 0 aromatic heterocycles. The van der Waals surface area contributed by atoms with E-state index in [1.54, 1.807) is 0 Å². The first-order valence-corrected chi connectivity index (χ1v) is 3.92. The first kappa shape index (κ1) is 7.03. The molecule has 0 radical (unpaired) electrons. The van der Waals surface area contributed by atoms with Gasteiger partial charge in [0.1, 0.15) is 0 Å². The second-order valence-electron chi connectivity index (χ2n) is 2.45. The van der Waals surface area contributed by atoms with Crippen LogP contribution < -0.4 is 10.6 Å². The lowest BCUT2D eigenvalue weighted by molar-refractivity contribution is 0.201. The highest BCUT2D eigenvalue weighted by Gasteiger charge is 2.31. The van der Waals surface area contributed by atoms with Gasteiger partial charge in [0.25, 0.3) is 0 Å². The number of fused-ring (bicyclic) bond motifs is 2. The maximum absolute atomic E-state index is 3.42. The third kappa shape index (κ3) is 1.43. The maximum atomic E-state index is 3.42. The topological polar surface area (TPSA) is 24.1 Å². The molecule has 3 saturated heterocycles. The van der Waals surface area contributed by atoms with Crippen LogP contribution in [0.3, 0.4) is 0 Å². The molecule has 2 heteroatoms. The summed E-state index contributed by atoms with van der Waals surface area (Å²) in [5.74, 6) is 0. The van der Waals surface area contributed by atoms with Gasteiger partial charge in [-0.2, -0.15) is 0 Å². The zero-order valence-electron chi connectivity index (χ0n) is 6.28. The third-order valence-corrected chi connectivity index (χ3v) is 1.82. The van der Waals surface area contributed by atoms with Gasteiger partial charge in [0.2, 0.25) is 0 Å². The van der Waals surface area contributed by atoms with Crippen LogP contribution in [0.4, 0.5) is 0 Å². The van der Waals surface area contributed by atoms with Crippen LogP contribution in [0.15, 0.2) is 0 Å². The van der Waals surface area contributed by atoms with E-state index >= 15 is 0 Å². The van der Waals surface area contributed by atoms with Crippen molar-refractivity contribution in [2.45, 2.75) is 32.4 Å². The van der Waals surface area contributed by atoms with Crippen molar-refractivity contribution in [2.24, 2.45) is 0 Å². The number of piperazine rings is 1. The maximum Gasteiger partial charge on any atom is 0.0210 e. The average Bonchev–Trinajstić information content (AvgIpc) is 1.93. The molecule has 2 atom stereocenters. The molecule has 9 heavy (non-hydrogen) atoms. The summed E-state index contributed by atoms with van der Waals surface area (Å²) in [6.07, 6.45) is 1.41. The van der Waals surface area contributed by atoms with Crippen molar-refractivity contribution in [3.05, 3.63) is 0 Å². The normalized spacial score (nSPS) is 38.0. The average molecular weight is 128 g/mol. The predicted octanol–water partition coefficient (Wildman–Crippen LogP) is 0.346. The van der Waals surface area contributed by atoms with Gasteiger partial charge in [0, 0.05) is 25.2 Å². The summed E-state index contributed by atoms with van der Waals surface area (Å²) < 4.78 is 0. The summed E-state index contributed by atoms with van der Waals surface area (Å²) in [4.78, 5) is 0. The van der Waals surface area contributed by atoms with Crippen molar-refractivity contribution in [3.63, 3.8) is 0 Å². The van der Waals surface area contributed by atoms with Crippen molar-refractivity contribution in [2.75, 3.05) is 13.1 Å². The molecule has 2 N–H and O–H groups in total. The molecule has 54 valence electrons. The molecule has 2 bridgehead atoms. The SMILES string of the molecule is C1NCC2CC1N2.CC. The molecule has 3 rings (SSSR count). The Balaban J connectivity index is 0.000000186. The van der Waals surface area contributed by atoms with Gasteiger partial charge in [-0.1, -0.05) is 13.8 Å². The van der Waals surface area contributed by atoms with Crippen LogP contribution in [0.5, 0.6) is 0 Å². The van der Waals surface area contributed by atoms with Crippen LogP contribution in [-0.4, -0.2) is 25.2 Å². The van der Waals surface area contributed by atoms with Crippen molar-refractivity contribution in [1.82, 2.24) is 10.6 Å². The van der Waals surface area contributed by atoms with Crippen LogP contribution in [0, 0.1) is 0 Å². The Morgan fingerprint density at radius 2 is 1.56 bits per heavy atom. The fourth-order valence-electron chi connectivity index (χ4n) is 1.37. The standard InChI is InChI=1S/C5H10N2.C2H6/c1-4-2-6-3-5(1)7-4;1-2/h4-7H,1-3H2;1-2H3. The van der Waals surface area contributed by atoms with Crippen LogP contribution in [-0.2, 0) is 0 Å². The van der Waals surface area contributed by atoms with Gasteiger partial charge in [0.15, 0.2) is 0 Å². The first-order chi connectivity index (χ1) is 4.45. The fraction of sp³-hybridized carbons (Fsp3) is 1.00. The van der Waals surface area contributed by atoms with E-state index in [1.165, 1.54) is 19.5 Å². The molecular formula is C7H16N2. The van der Waals surface area contributed by atoms with Gasteiger partial charge in [-0.15, -0.1) is 0 Å². The van der Waals surface area contributed by atoms with Gasteiger partial charge in [-0.05, 0) is 6.42 Å². The monoisotopic (exact) mass is 128 g/mol. The molecule has 0 aromatic rings. The van der Waals surface area contributed by atoms with Gasteiger partial charge < -0.3 is 10.6 Å². The van der Waals surface area contributed by atoms with Crippen molar-refractivity contribution in [3.8, 4) is 0 Å². The van der Waals surface area contributed by atoms with Crippen molar-refractivity contribution in [1.29, 1.82) is 0 Å². The van der Waals surface area contributed by atoms with Gasteiger partial charge in [0.05, 0.1) is 0 Å².